The van der Waals surface area contributed by atoms with Crippen molar-refractivity contribution in [1.29, 1.82) is 0 Å². The Hall–Kier alpha value is -2.01. The fourth-order valence-corrected chi connectivity index (χ4v) is 3.64. The van der Waals surface area contributed by atoms with Gasteiger partial charge in [-0.1, -0.05) is 17.7 Å². The van der Waals surface area contributed by atoms with Crippen LogP contribution in [0.3, 0.4) is 0 Å². The number of carbonyl (C=O) groups is 2. The normalized spacial score (nSPS) is 20.9. The molecule has 3 rings (SSSR count). The molecule has 6 heteroatoms. The molecule has 128 valence electrons. The third-order valence-electron chi connectivity index (χ3n) is 4.86. The number of hydrogen-bond donors (Lipinski definition) is 2. The second-order valence-electron chi connectivity index (χ2n) is 6.48. The zero-order valence-corrected chi connectivity index (χ0v) is 14.1. The highest BCUT2D eigenvalue weighted by Crippen LogP contribution is 2.28. The number of halogens is 1. The highest BCUT2D eigenvalue weighted by molar-refractivity contribution is 6.35. The summed E-state index contributed by atoms with van der Waals surface area (Å²) in [7, 11) is 0. The summed E-state index contributed by atoms with van der Waals surface area (Å²) in [5.74, 6) is -0.572. The van der Waals surface area contributed by atoms with Gasteiger partial charge in [-0.25, -0.2) is 0 Å². The third kappa shape index (κ3) is 3.73. The molecule has 0 aliphatic heterocycles. The Morgan fingerprint density at radius 2 is 1.96 bits per heavy atom. The molecule has 2 N–H and O–H groups in total. The van der Waals surface area contributed by atoms with Crippen LogP contribution >= 0.6 is 11.6 Å². The minimum Gasteiger partial charge on any atom is -0.481 e. The number of benzene rings is 1. The first-order valence-corrected chi connectivity index (χ1v) is 8.65. The van der Waals surface area contributed by atoms with Crippen molar-refractivity contribution in [3.8, 4) is 0 Å². The van der Waals surface area contributed by atoms with Gasteiger partial charge in [-0.15, -0.1) is 0 Å². The molecule has 1 saturated carbocycles. The van der Waals surface area contributed by atoms with E-state index in [1.54, 1.807) is 0 Å². The molecule has 1 amide bonds. The largest absolute Gasteiger partial charge is 0.481 e. The molecule has 5 nitrogen and oxygen atoms in total. The average Bonchev–Trinajstić information content (AvgIpc) is 2.98. The summed E-state index contributed by atoms with van der Waals surface area (Å²) in [5, 5.41) is 13.6. The van der Waals surface area contributed by atoms with Crippen LogP contribution in [-0.4, -0.2) is 28.1 Å². The molecule has 0 radical (unpaired) electrons. The maximum atomic E-state index is 12.2. The minimum atomic E-state index is -0.698. The number of amides is 1. The quantitative estimate of drug-likeness (QED) is 0.870. The average molecular weight is 349 g/mol. The fraction of sp³-hybridized carbons (Fsp3) is 0.444. The lowest BCUT2D eigenvalue weighted by Crippen LogP contribution is -2.34. The van der Waals surface area contributed by atoms with Crippen LogP contribution in [0.15, 0.2) is 30.5 Å². The van der Waals surface area contributed by atoms with Gasteiger partial charge in [-0.2, -0.15) is 0 Å². The molecule has 2 aromatic rings. The van der Waals surface area contributed by atoms with Crippen molar-refractivity contribution in [3.05, 3.63) is 35.5 Å². The van der Waals surface area contributed by atoms with Crippen molar-refractivity contribution in [2.75, 3.05) is 6.54 Å². The number of carboxylic acids is 1. The van der Waals surface area contributed by atoms with Crippen molar-refractivity contribution in [2.45, 2.75) is 32.2 Å². The Balaban J connectivity index is 1.51. The Morgan fingerprint density at radius 3 is 2.67 bits per heavy atom. The van der Waals surface area contributed by atoms with Crippen LogP contribution < -0.4 is 5.32 Å². The summed E-state index contributed by atoms with van der Waals surface area (Å²) in [6.07, 6.45) is 5.00. The van der Waals surface area contributed by atoms with E-state index < -0.39 is 5.97 Å². The van der Waals surface area contributed by atoms with Crippen LogP contribution in [0.25, 0.3) is 10.9 Å². The molecule has 1 heterocycles. The minimum absolute atomic E-state index is 0.0344. The number of nitrogens with zero attached hydrogens (tertiary/aromatic N) is 1. The van der Waals surface area contributed by atoms with Crippen molar-refractivity contribution in [3.63, 3.8) is 0 Å². The predicted molar refractivity (Wildman–Crippen MR) is 93.0 cm³/mol. The maximum Gasteiger partial charge on any atom is 0.306 e. The lowest BCUT2D eigenvalue weighted by Gasteiger charge is -2.26. The van der Waals surface area contributed by atoms with Gasteiger partial charge in [0.15, 0.2) is 0 Å². The van der Waals surface area contributed by atoms with Gasteiger partial charge in [-0.3, -0.25) is 9.59 Å². The Kier molecular flexibility index (Phi) is 5.09. The summed E-state index contributed by atoms with van der Waals surface area (Å²) in [6.45, 7) is 0.874. The number of nitrogens with one attached hydrogen (secondary N) is 1. The topological polar surface area (TPSA) is 71.3 Å². The number of aromatic nitrogens is 1. The van der Waals surface area contributed by atoms with E-state index in [1.807, 2.05) is 35.0 Å². The van der Waals surface area contributed by atoms with Gasteiger partial charge in [0.25, 0.3) is 0 Å². The van der Waals surface area contributed by atoms with Crippen LogP contribution in [0.2, 0.25) is 5.02 Å². The number of carbonyl (C=O) groups excluding carboxylic acids is 1. The molecule has 0 spiro atoms. The zero-order valence-electron chi connectivity index (χ0n) is 13.4. The molecule has 1 fully saturated rings. The second kappa shape index (κ2) is 7.26. The summed E-state index contributed by atoms with van der Waals surface area (Å²) in [5.41, 5.74) is 0.944. The first-order chi connectivity index (χ1) is 11.5. The van der Waals surface area contributed by atoms with Crippen molar-refractivity contribution < 1.29 is 14.7 Å². The molecular weight excluding hydrogens is 328 g/mol. The van der Waals surface area contributed by atoms with Crippen LogP contribution in [0.5, 0.6) is 0 Å². The molecule has 0 bridgehead atoms. The molecular formula is C18H21ClN2O3. The first kappa shape index (κ1) is 16.8. The number of hydrogen-bond acceptors (Lipinski definition) is 2. The first-order valence-electron chi connectivity index (χ1n) is 8.27. The monoisotopic (exact) mass is 348 g/mol. The molecule has 1 aliphatic carbocycles. The number of carboxylic acid groups (broad SMARTS) is 1. The van der Waals surface area contributed by atoms with Crippen molar-refractivity contribution in [2.24, 2.45) is 11.8 Å². The Labute approximate surface area is 145 Å². The number of aliphatic carboxylic acids is 1. The molecule has 0 atom stereocenters. The molecule has 0 unspecified atom stereocenters. The summed E-state index contributed by atoms with van der Waals surface area (Å²) in [6, 6.07) is 7.57. The second-order valence-corrected chi connectivity index (χ2v) is 6.88. The smallest absolute Gasteiger partial charge is 0.306 e. The molecule has 1 aromatic heterocycles. The van der Waals surface area contributed by atoms with E-state index >= 15 is 0 Å². The van der Waals surface area contributed by atoms with Gasteiger partial charge in [0.2, 0.25) is 5.91 Å². The highest BCUT2D eigenvalue weighted by atomic mass is 35.5. The lowest BCUT2D eigenvalue weighted by atomic mass is 9.82. The maximum absolute atomic E-state index is 12.2. The van der Waals surface area contributed by atoms with E-state index in [0.29, 0.717) is 30.3 Å². The summed E-state index contributed by atoms with van der Waals surface area (Å²) >= 11 is 6.15. The van der Waals surface area contributed by atoms with E-state index in [9.17, 15) is 9.59 Å². The van der Waals surface area contributed by atoms with Crippen LogP contribution in [-0.2, 0) is 16.1 Å². The van der Waals surface area contributed by atoms with Crippen LogP contribution in [0, 0.1) is 11.8 Å². The number of fused-ring (bicyclic) bond motifs is 1. The Morgan fingerprint density at radius 1 is 1.21 bits per heavy atom. The molecule has 0 saturated heterocycles. The fourth-order valence-electron chi connectivity index (χ4n) is 3.41. The van der Waals surface area contributed by atoms with E-state index in [2.05, 4.69) is 5.32 Å². The van der Waals surface area contributed by atoms with Gasteiger partial charge < -0.3 is 15.0 Å². The number of rotatable bonds is 5. The van der Waals surface area contributed by atoms with Gasteiger partial charge in [0, 0.05) is 28.7 Å². The van der Waals surface area contributed by atoms with Crippen LogP contribution in [0.4, 0.5) is 0 Å². The summed E-state index contributed by atoms with van der Waals surface area (Å²) in [4.78, 5) is 23.1. The van der Waals surface area contributed by atoms with Gasteiger partial charge in [0.05, 0.1) is 5.92 Å². The third-order valence-corrected chi connectivity index (χ3v) is 5.19. The van der Waals surface area contributed by atoms with E-state index in [-0.39, 0.29) is 18.4 Å². The van der Waals surface area contributed by atoms with Crippen molar-refractivity contribution in [1.82, 2.24) is 9.88 Å². The van der Waals surface area contributed by atoms with Gasteiger partial charge >= 0.3 is 5.97 Å². The van der Waals surface area contributed by atoms with Gasteiger partial charge in [0.1, 0.15) is 6.54 Å². The lowest BCUT2D eigenvalue weighted by molar-refractivity contribution is -0.143. The SMILES string of the molecule is O=C(Cn1ccc2c(Cl)cccc21)NCC1CCC(C(=O)O)CC1. The van der Waals surface area contributed by atoms with E-state index in [4.69, 9.17) is 16.7 Å². The van der Waals surface area contributed by atoms with Crippen LogP contribution in [0.1, 0.15) is 25.7 Å². The van der Waals surface area contributed by atoms with E-state index in [1.165, 1.54) is 0 Å². The molecule has 24 heavy (non-hydrogen) atoms. The molecule has 1 aromatic carbocycles. The highest BCUT2D eigenvalue weighted by Gasteiger charge is 2.25. The predicted octanol–water partition coefficient (Wildman–Crippen LogP) is 3.30. The summed E-state index contributed by atoms with van der Waals surface area (Å²) < 4.78 is 1.89. The van der Waals surface area contributed by atoms with Gasteiger partial charge in [-0.05, 0) is 49.8 Å². The van der Waals surface area contributed by atoms with Crippen molar-refractivity contribution >= 4 is 34.4 Å². The standard InChI is InChI=1S/C18H21ClN2O3/c19-15-2-1-3-16-14(15)8-9-21(16)11-17(22)20-10-12-4-6-13(7-5-12)18(23)24/h1-3,8-9,12-13H,4-7,10-11H2,(H,20,22)(H,23,24). The van der Waals surface area contributed by atoms with E-state index in [0.717, 1.165) is 23.7 Å². The Bertz CT molecular complexity index is 748. The molecule has 1 aliphatic rings. The zero-order chi connectivity index (χ0) is 17.1.